The van der Waals surface area contributed by atoms with E-state index in [0.29, 0.717) is 27.1 Å². The fourth-order valence-corrected chi connectivity index (χ4v) is 2.36. The molecular weight excluding hydrogens is 311 g/mol. The summed E-state index contributed by atoms with van der Waals surface area (Å²) in [6.45, 7) is 0. The molecule has 0 unspecified atom stereocenters. The van der Waals surface area contributed by atoms with Crippen LogP contribution in [0.5, 0.6) is 0 Å². The SMILES string of the molecule is Nc1n[nH]c2ccc(NC(=O)c3cc(Cl)ccc3Cl)cc12. The largest absolute Gasteiger partial charge is 0.382 e. The van der Waals surface area contributed by atoms with Gasteiger partial charge >= 0.3 is 0 Å². The smallest absolute Gasteiger partial charge is 0.257 e. The number of anilines is 2. The molecule has 0 fully saturated rings. The molecule has 0 radical (unpaired) electrons. The second-order valence-electron chi connectivity index (χ2n) is 4.45. The van der Waals surface area contributed by atoms with Crippen molar-refractivity contribution in [2.45, 2.75) is 0 Å². The predicted octanol–water partition coefficient (Wildman–Crippen LogP) is 3.70. The maximum Gasteiger partial charge on any atom is 0.257 e. The highest BCUT2D eigenvalue weighted by Gasteiger charge is 2.12. The standard InChI is InChI=1S/C14H10Cl2N4O/c15-7-1-3-11(16)9(5-7)14(21)18-8-2-4-12-10(6-8)13(17)20-19-12/h1-6H,(H,18,21)(H3,17,19,20). The predicted molar refractivity (Wildman–Crippen MR) is 84.9 cm³/mol. The highest BCUT2D eigenvalue weighted by molar-refractivity contribution is 6.36. The van der Waals surface area contributed by atoms with Crippen LogP contribution in [0.15, 0.2) is 36.4 Å². The fourth-order valence-electron chi connectivity index (χ4n) is 1.98. The highest BCUT2D eigenvalue weighted by atomic mass is 35.5. The van der Waals surface area contributed by atoms with Crippen LogP contribution in [0, 0.1) is 0 Å². The van der Waals surface area contributed by atoms with Gasteiger partial charge in [0, 0.05) is 16.1 Å². The molecule has 3 aromatic rings. The van der Waals surface area contributed by atoms with E-state index in [1.807, 2.05) is 0 Å². The van der Waals surface area contributed by atoms with E-state index in [2.05, 4.69) is 15.5 Å². The van der Waals surface area contributed by atoms with Gasteiger partial charge in [0.25, 0.3) is 5.91 Å². The number of aromatic amines is 1. The van der Waals surface area contributed by atoms with Gasteiger partial charge in [-0.15, -0.1) is 0 Å². The van der Waals surface area contributed by atoms with Crippen molar-refractivity contribution in [1.82, 2.24) is 10.2 Å². The summed E-state index contributed by atoms with van der Waals surface area (Å²) in [7, 11) is 0. The molecule has 21 heavy (non-hydrogen) atoms. The van der Waals surface area contributed by atoms with Gasteiger partial charge in [-0.2, -0.15) is 5.10 Å². The number of halogens is 2. The summed E-state index contributed by atoms with van der Waals surface area (Å²) in [5.74, 6) is 0.0332. The Morgan fingerprint density at radius 1 is 1.19 bits per heavy atom. The lowest BCUT2D eigenvalue weighted by Crippen LogP contribution is -2.12. The van der Waals surface area contributed by atoms with Gasteiger partial charge in [-0.1, -0.05) is 23.2 Å². The van der Waals surface area contributed by atoms with Gasteiger partial charge in [0.05, 0.1) is 16.1 Å². The number of fused-ring (bicyclic) bond motifs is 1. The number of carbonyl (C=O) groups excluding carboxylic acids is 1. The molecule has 5 nitrogen and oxygen atoms in total. The molecule has 0 bridgehead atoms. The van der Waals surface area contributed by atoms with Crippen LogP contribution in [0.1, 0.15) is 10.4 Å². The molecule has 106 valence electrons. The van der Waals surface area contributed by atoms with Gasteiger partial charge in [0.1, 0.15) is 0 Å². The van der Waals surface area contributed by atoms with E-state index >= 15 is 0 Å². The summed E-state index contributed by atoms with van der Waals surface area (Å²) >= 11 is 11.9. The summed E-state index contributed by atoms with van der Waals surface area (Å²) in [4.78, 5) is 12.2. The Morgan fingerprint density at radius 2 is 2.00 bits per heavy atom. The molecular formula is C14H10Cl2N4O. The average molecular weight is 321 g/mol. The van der Waals surface area contributed by atoms with Crippen LogP contribution in [-0.4, -0.2) is 16.1 Å². The van der Waals surface area contributed by atoms with Crippen molar-refractivity contribution in [3.8, 4) is 0 Å². The number of carbonyl (C=O) groups is 1. The molecule has 4 N–H and O–H groups in total. The van der Waals surface area contributed by atoms with E-state index in [-0.39, 0.29) is 5.91 Å². The zero-order valence-electron chi connectivity index (χ0n) is 10.7. The Morgan fingerprint density at radius 3 is 2.81 bits per heavy atom. The Balaban J connectivity index is 1.92. The average Bonchev–Trinajstić information content (AvgIpc) is 2.83. The van der Waals surface area contributed by atoms with Crippen LogP contribution >= 0.6 is 23.2 Å². The fraction of sp³-hybridized carbons (Fsp3) is 0. The molecule has 0 spiro atoms. The van der Waals surface area contributed by atoms with Crippen molar-refractivity contribution in [3.05, 3.63) is 52.0 Å². The minimum absolute atomic E-state index is 0.310. The number of benzene rings is 2. The third-order valence-corrected chi connectivity index (χ3v) is 3.59. The number of nitrogen functional groups attached to an aromatic ring is 1. The molecule has 3 rings (SSSR count). The minimum atomic E-state index is -0.344. The first kappa shape index (κ1) is 13.7. The topological polar surface area (TPSA) is 83.8 Å². The number of aromatic nitrogens is 2. The lowest BCUT2D eigenvalue weighted by Gasteiger charge is -2.07. The Labute approximate surface area is 130 Å². The molecule has 1 aromatic heterocycles. The van der Waals surface area contributed by atoms with Crippen molar-refractivity contribution in [2.75, 3.05) is 11.1 Å². The normalized spacial score (nSPS) is 10.8. The number of rotatable bonds is 2. The van der Waals surface area contributed by atoms with Gasteiger partial charge in [-0.3, -0.25) is 9.89 Å². The molecule has 7 heteroatoms. The minimum Gasteiger partial charge on any atom is -0.382 e. The molecule has 0 aliphatic heterocycles. The summed E-state index contributed by atoms with van der Waals surface area (Å²) in [5, 5.41) is 11.0. The van der Waals surface area contributed by atoms with Gasteiger partial charge in [-0.25, -0.2) is 0 Å². The molecule has 0 saturated heterocycles. The van der Waals surface area contributed by atoms with Gasteiger partial charge in [0.15, 0.2) is 5.82 Å². The quantitative estimate of drug-likeness (QED) is 0.673. The lowest BCUT2D eigenvalue weighted by atomic mass is 10.2. The molecule has 2 aromatic carbocycles. The number of hydrogen-bond acceptors (Lipinski definition) is 3. The zero-order valence-corrected chi connectivity index (χ0v) is 12.2. The van der Waals surface area contributed by atoms with Crippen LogP contribution in [0.2, 0.25) is 10.0 Å². The van der Waals surface area contributed by atoms with Crippen molar-refractivity contribution in [2.24, 2.45) is 0 Å². The number of amides is 1. The van der Waals surface area contributed by atoms with E-state index in [9.17, 15) is 4.79 Å². The Kier molecular flexibility index (Phi) is 3.45. The number of nitrogens with zero attached hydrogens (tertiary/aromatic N) is 1. The van der Waals surface area contributed by atoms with Crippen LogP contribution in [0.4, 0.5) is 11.5 Å². The third-order valence-electron chi connectivity index (χ3n) is 3.02. The van der Waals surface area contributed by atoms with Crippen LogP contribution in [0.3, 0.4) is 0 Å². The Hall–Kier alpha value is -2.24. The monoisotopic (exact) mass is 320 g/mol. The first-order valence-electron chi connectivity index (χ1n) is 6.04. The summed E-state index contributed by atoms with van der Waals surface area (Å²) in [6.07, 6.45) is 0. The number of nitrogens with two attached hydrogens (primary N) is 1. The molecule has 1 amide bonds. The van der Waals surface area contributed by atoms with E-state index in [0.717, 1.165) is 10.9 Å². The highest BCUT2D eigenvalue weighted by Crippen LogP contribution is 2.24. The second-order valence-corrected chi connectivity index (χ2v) is 5.29. The zero-order chi connectivity index (χ0) is 15.0. The number of nitrogens with one attached hydrogen (secondary N) is 2. The van der Waals surface area contributed by atoms with Crippen molar-refractivity contribution in [1.29, 1.82) is 0 Å². The van der Waals surface area contributed by atoms with Crippen molar-refractivity contribution >= 4 is 51.5 Å². The van der Waals surface area contributed by atoms with Crippen LogP contribution in [0.25, 0.3) is 10.9 Å². The number of H-pyrrole nitrogens is 1. The summed E-state index contributed by atoms with van der Waals surface area (Å²) in [6, 6.07) is 9.99. The van der Waals surface area contributed by atoms with Gasteiger partial charge in [0.2, 0.25) is 0 Å². The van der Waals surface area contributed by atoms with E-state index in [1.54, 1.807) is 30.3 Å². The van der Waals surface area contributed by atoms with E-state index in [1.165, 1.54) is 6.07 Å². The first-order chi connectivity index (χ1) is 10.0. The van der Waals surface area contributed by atoms with Crippen LogP contribution < -0.4 is 11.1 Å². The van der Waals surface area contributed by atoms with E-state index < -0.39 is 0 Å². The first-order valence-corrected chi connectivity index (χ1v) is 6.80. The summed E-state index contributed by atoms with van der Waals surface area (Å²) < 4.78 is 0. The molecule has 1 heterocycles. The molecule has 0 atom stereocenters. The third kappa shape index (κ3) is 2.66. The van der Waals surface area contributed by atoms with Crippen molar-refractivity contribution < 1.29 is 4.79 Å². The molecule has 0 aliphatic carbocycles. The van der Waals surface area contributed by atoms with Crippen LogP contribution in [-0.2, 0) is 0 Å². The number of hydrogen-bond donors (Lipinski definition) is 3. The second kappa shape index (κ2) is 5.27. The maximum absolute atomic E-state index is 12.2. The maximum atomic E-state index is 12.2. The van der Waals surface area contributed by atoms with E-state index in [4.69, 9.17) is 28.9 Å². The molecule has 0 aliphatic rings. The Bertz CT molecular complexity index is 844. The lowest BCUT2D eigenvalue weighted by molar-refractivity contribution is 0.102. The van der Waals surface area contributed by atoms with Gasteiger partial charge in [-0.05, 0) is 36.4 Å². The van der Waals surface area contributed by atoms with Gasteiger partial charge < -0.3 is 11.1 Å². The summed E-state index contributed by atoms with van der Waals surface area (Å²) in [5.41, 5.74) is 7.44. The molecule has 0 saturated carbocycles. The van der Waals surface area contributed by atoms with Crippen molar-refractivity contribution in [3.63, 3.8) is 0 Å².